The van der Waals surface area contributed by atoms with Gasteiger partial charge in [-0.3, -0.25) is 4.79 Å². The number of fused-ring (bicyclic) bond motifs is 3. The summed E-state index contributed by atoms with van der Waals surface area (Å²) in [4.78, 5) is 28.4. The van der Waals surface area contributed by atoms with Crippen LogP contribution in [-0.2, 0) is 21.5 Å². The molecule has 2 aliphatic rings. The van der Waals surface area contributed by atoms with Crippen molar-refractivity contribution < 1.29 is 24.0 Å². The maximum absolute atomic E-state index is 13.1. The lowest BCUT2D eigenvalue weighted by Gasteiger charge is -2.37. The van der Waals surface area contributed by atoms with Crippen LogP contribution in [0, 0.1) is 5.92 Å². The first kappa shape index (κ1) is 23.1. The SMILES string of the molecule is CC1CCC(NC(=O)OCC2c3ccccc3-c3ccccc32)(c2noc(CCC(=O)O)n2)CC1. The van der Waals surface area contributed by atoms with Crippen LogP contribution in [-0.4, -0.2) is 33.9 Å². The van der Waals surface area contributed by atoms with Crippen LogP contribution in [0.15, 0.2) is 53.1 Å². The summed E-state index contributed by atoms with van der Waals surface area (Å²) in [7, 11) is 0. The molecule has 2 N–H and O–H groups in total. The summed E-state index contributed by atoms with van der Waals surface area (Å²) in [5.41, 5.74) is 3.87. The highest BCUT2D eigenvalue weighted by atomic mass is 16.5. The summed E-state index contributed by atoms with van der Waals surface area (Å²) in [6.45, 7) is 2.41. The molecule has 1 saturated carbocycles. The number of amides is 1. The number of hydrogen-bond acceptors (Lipinski definition) is 6. The topological polar surface area (TPSA) is 115 Å². The number of carboxylic acid groups (broad SMARTS) is 1. The lowest BCUT2D eigenvalue weighted by atomic mass is 9.76. The Balaban J connectivity index is 1.31. The Morgan fingerprint density at radius 2 is 1.71 bits per heavy atom. The third-order valence-corrected chi connectivity index (χ3v) is 7.26. The molecule has 0 unspecified atom stereocenters. The Hall–Kier alpha value is -3.68. The van der Waals surface area contributed by atoms with Gasteiger partial charge in [-0.25, -0.2) is 4.79 Å². The van der Waals surface area contributed by atoms with E-state index in [4.69, 9.17) is 14.4 Å². The van der Waals surface area contributed by atoms with Crippen molar-refractivity contribution in [3.8, 4) is 11.1 Å². The Labute approximate surface area is 203 Å². The molecule has 0 spiro atoms. The van der Waals surface area contributed by atoms with Gasteiger partial charge in [-0.1, -0.05) is 60.6 Å². The fourth-order valence-corrected chi connectivity index (χ4v) is 5.25. The average Bonchev–Trinajstić information content (AvgIpc) is 3.47. The highest BCUT2D eigenvalue weighted by Gasteiger charge is 2.42. The van der Waals surface area contributed by atoms with E-state index in [2.05, 4.69) is 46.6 Å². The van der Waals surface area contributed by atoms with Crippen molar-refractivity contribution in [2.45, 2.75) is 56.9 Å². The zero-order chi connectivity index (χ0) is 24.4. The van der Waals surface area contributed by atoms with E-state index >= 15 is 0 Å². The maximum Gasteiger partial charge on any atom is 0.407 e. The largest absolute Gasteiger partial charge is 0.481 e. The molecular formula is C27H29N3O5. The molecule has 0 radical (unpaired) electrons. The monoisotopic (exact) mass is 475 g/mol. The lowest BCUT2D eigenvalue weighted by Crippen LogP contribution is -2.49. The first-order valence-corrected chi connectivity index (χ1v) is 12.1. The van der Waals surface area contributed by atoms with Gasteiger partial charge in [-0.2, -0.15) is 4.98 Å². The van der Waals surface area contributed by atoms with E-state index in [-0.39, 0.29) is 31.3 Å². The van der Waals surface area contributed by atoms with Gasteiger partial charge < -0.3 is 19.7 Å². The molecule has 1 aromatic heterocycles. The van der Waals surface area contributed by atoms with Crippen molar-refractivity contribution in [1.82, 2.24) is 15.5 Å². The van der Waals surface area contributed by atoms with Crippen molar-refractivity contribution in [3.05, 3.63) is 71.4 Å². The number of carbonyl (C=O) groups is 2. The molecule has 8 heteroatoms. The number of hydrogen-bond donors (Lipinski definition) is 2. The van der Waals surface area contributed by atoms with E-state index in [1.807, 2.05) is 24.3 Å². The van der Waals surface area contributed by atoms with E-state index < -0.39 is 17.6 Å². The zero-order valence-corrected chi connectivity index (χ0v) is 19.7. The minimum Gasteiger partial charge on any atom is -0.481 e. The van der Waals surface area contributed by atoms with E-state index in [9.17, 15) is 9.59 Å². The molecule has 1 amide bonds. The van der Waals surface area contributed by atoms with Crippen LogP contribution in [0.2, 0.25) is 0 Å². The first-order chi connectivity index (χ1) is 16.9. The van der Waals surface area contributed by atoms with Gasteiger partial charge in [0.25, 0.3) is 0 Å². The van der Waals surface area contributed by atoms with E-state index in [0.717, 1.165) is 24.0 Å². The molecule has 35 heavy (non-hydrogen) atoms. The Kier molecular flexibility index (Phi) is 6.28. The van der Waals surface area contributed by atoms with Crippen molar-refractivity contribution in [2.24, 2.45) is 5.92 Å². The third-order valence-electron chi connectivity index (χ3n) is 7.26. The summed E-state index contributed by atoms with van der Waals surface area (Å²) >= 11 is 0. The van der Waals surface area contributed by atoms with Crippen LogP contribution in [0.4, 0.5) is 4.79 Å². The van der Waals surface area contributed by atoms with Gasteiger partial charge in [-0.05, 0) is 53.9 Å². The van der Waals surface area contributed by atoms with Crippen molar-refractivity contribution in [3.63, 3.8) is 0 Å². The highest BCUT2D eigenvalue weighted by Crippen LogP contribution is 2.44. The fraction of sp³-hybridized carbons (Fsp3) is 0.407. The second kappa shape index (κ2) is 9.52. The third kappa shape index (κ3) is 4.65. The summed E-state index contributed by atoms with van der Waals surface area (Å²) < 4.78 is 11.1. The van der Waals surface area contributed by atoms with Gasteiger partial charge in [0.2, 0.25) is 5.89 Å². The van der Waals surface area contributed by atoms with Crippen LogP contribution >= 0.6 is 0 Å². The fourth-order valence-electron chi connectivity index (χ4n) is 5.25. The molecular weight excluding hydrogens is 446 g/mol. The maximum atomic E-state index is 13.1. The van der Waals surface area contributed by atoms with Crippen LogP contribution in [0.3, 0.4) is 0 Å². The number of benzene rings is 2. The molecule has 1 heterocycles. The number of nitrogens with one attached hydrogen (secondary N) is 1. The molecule has 0 saturated heterocycles. The number of aliphatic carboxylic acids is 1. The highest BCUT2D eigenvalue weighted by molar-refractivity contribution is 5.79. The Morgan fingerprint density at radius 1 is 1.09 bits per heavy atom. The molecule has 0 bridgehead atoms. The van der Waals surface area contributed by atoms with Crippen molar-refractivity contribution in [2.75, 3.05) is 6.61 Å². The van der Waals surface area contributed by atoms with Crippen molar-refractivity contribution in [1.29, 1.82) is 0 Å². The molecule has 1 fully saturated rings. The molecule has 2 aliphatic carbocycles. The Bertz CT molecular complexity index is 1180. The minimum absolute atomic E-state index is 0.0247. The van der Waals surface area contributed by atoms with E-state index in [1.54, 1.807) is 0 Å². The standard InChI is InChI=1S/C27H29N3O5/c1-17-12-14-27(15-13-17,25-28-23(35-30-25)10-11-24(31)32)29-26(33)34-16-22-20-8-4-2-6-18(20)19-7-3-5-9-21(19)22/h2-9,17,22H,10-16H2,1H3,(H,29,33)(H,31,32). The number of rotatable bonds is 7. The van der Waals surface area contributed by atoms with E-state index in [0.29, 0.717) is 24.6 Å². The average molecular weight is 476 g/mol. The normalized spacial score (nSPS) is 21.2. The van der Waals surface area contributed by atoms with Gasteiger partial charge in [0.1, 0.15) is 12.1 Å². The predicted molar refractivity (Wildman–Crippen MR) is 128 cm³/mol. The van der Waals surface area contributed by atoms with Crippen LogP contribution < -0.4 is 5.32 Å². The summed E-state index contributed by atoms with van der Waals surface area (Å²) in [5, 5.41) is 16.1. The molecule has 2 aromatic carbocycles. The molecule has 5 rings (SSSR count). The second-order valence-electron chi connectivity index (χ2n) is 9.62. The smallest absolute Gasteiger partial charge is 0.407 e. The van der Waals surface area contributed by atoms with Crippen molar-refractivity contribution >= 4 is 12.1 Å². The molecule has 0 aliphatic heterocycles. The minimum atomic E-state index is -0.928. The number of aryl methyl sites for hydroxylation is 1. The number of alkyl carbamates (subject to hydrolysis) is 1. The number of carbonyl (C=O) groups excluding carboxylic acids is 1. The molecule has 182 valence electrons. The molecule has 3 aromatic rings. The zero-order valence-electron chi connectivity index (χ0n) is 19.7. The van der Waals surface area contributed by atoms with Crippen LogP contribution in [0.5, 0.6) is 0 Å². The second-order valence-corrected chi connectivity index (χ2v) is 9.62. The number of carboxylic acids is 1. The van der Waals surface area contributed by atoms with Crippen LogP contribution in [0.25, 0.3) is 11.1 Å². The first-order valence-electron chi connectivity index (χ1n) is 12.1. The predicted octanol–water partition coefficient (Wildman–Crippen LogP) is 5.03. The molecule has 0 atom stereocenters. The lowest BCUT2D eigenvalue weighted by molar-refractivity contribution is -0.137. The molecule has 8 nitrogen and oxygen atoms in total. The number of ether oxygens (including phenoxy) is 1. The van der Waals surface area contributed by atoms with Gasteiger partial charge in [0.05, 0.1) is 6.42 Å². The van der Waals surface area contributed by atoms with Gasteiger partial charge in [0, 0.05) is 12.3 Å². The quantitative estimate of drug-likeness (QED) is 0.492. The van der Waals surface area contributed by atoms with Gasteiger partial charge >= 0.3 is 12.1 Å². The summed E-state index contributed by atoms with van der Waals surface area (Å²) in [6.07, 6.45) is 2.68. The number of nitrogens with zero attached hydrogens (tertiary/aromatic N) is 2. The van der Waals surface area contributed by atoms with Gasteiger partial charge in [0.15, 0.2) is 5.82 Å². The van der Waals surface area contributed by atoms with Gasteiger partial charge in [-0.15, -0.1) is 0 Å². The van der Waals surface area contributed by atoms with Crippen LogP contribution in [0.1, 0.15) is 67.8 Å². The number of aromatic nitrogens is 2. The summed E-state index contributed by atoms with van der Waals surface area (Å²) in [5.74, 6) is 0.227. The Morgan fingerprint density at radius 3 is 2.34 bits per heavy atom. The summed E-state index contributed by atoms with van der Waals surface area (Å²) in [6, 6.07) is 16.4. The van der Waals surface area contributed by atoms with E-state index in [1.165, 1.54) is 11.1 Å².